The number of nitrogens with one attached hydrogen (secondary N) is 1. The number of methoxy groups -OCH3 is 1. The average Bonchev–Trinajstić information content (AvgIpc) is 2.95. The van der Waals surface area contributed by atoms with Crippen LogP contribution in [-0.4, -0.2) is 18.2 Å². The Bertz CT molecular complexity index is 810. The minimum atomic E-state index is -0.200. The summed E-state index contributed by atoms with van der Waals surface area (Å²) in [5, 5.41) is 3.83. The topological polar surface area (TPSA) is 50.7 Å². The number of rotatable bonds is 4. The molecule has 2 aromatic rings. The molecule has 0 spiro atoms. The van der Waals surface area contributed by atoms with Gasteiger partial charge >= 0.3 is 0 Å². The molecule has 0 aromatic heterocycles. The van der Waals surface area contributed by atoms with E-state index in [1.54, 1.807) is 7.11 Å². The van der Waals surface area contributed by atoms with Gasteiger partial charge in [0.15, 0.2) is 5.17 Å². The molecule has 0 aliphatic carbocycles. The number of hydrogen-bond donors (Lipinski definition) is 1. The Hall–Kier alpha value is -2.53. The molecular weight excluding hydrogens is 320 g/mol. The summed E-state index contributed by atoms with van der Waals surface area (Å²) in [6.45, 7) is 2.63. The number of carbonyl (C=O) groups is 1. The van der Waals surface area contributed by atoms with Crippen molar-refractivity contribution < 1.29 is 9.53 Å². The summed E-state index contributed by atoms with van der Waals surface area (Å²) in [7, 11) is 1.64. The first kappa shape index (κ1) is 16.3. The normalized spacial score (nSPS) is 15.5. The van der Waals surface area contributed by atoms with Crippen LogP contribution in [0.25, 0.3) is 6.08 Å². The van der Waals surface area contributed by atoms with E-state index in [4.69, 9.17) is 4.74 Å². The highest BCUT2D eigenvalue weighted by atomic mass is 32.2. The van der Waals surface area contributed by atoms with Crippen LogP contribution in [0.3, 0.4) is 0 Å². The third-order valence-corrected chi connectivity index (χ3v) is 4.51. The first-order valence-electron chi connectivity index (χ1n) is 7.60. The molecule has 0 atom stereocenters. The van der Waals surface area contributed by atoms with Crippen LogP contribution in [0.15, 0.2) is 58.4 Å². The maximum Gasteiger partial charge on any atom is 0.286 e. The van der Waals surface area contributed by atoms with Gasteiger partial charge in [0.25, 0.3) is 5.91 Å². The van der Waals surface area contributed by atoms with Crippen LogP contribution < -0.4 is 10.1 Å². The van der Waals surface area contributed by atoms with E-state index in [1.807, 2.05) is 61.5 Å². The van der Waals surface area contributed by atoms with Crippen LogP contribution >= 0.6 is 11.8 Å². The van der Waals surface area contributed by atoms with Gasteiger partial charge < -0.3 is 10.1 Å². The summed E-state index contributed by atoms with van der Waals surface area (Å²) in [5.41, 5.74) is 3.27. The Labute approximate surface area is 145 Å². The molecular formula is C19H18N2O2S. The van der Waals surface area contributed by atoms with E-state index in [0.717, 1.165) is 16.9 Å². The number of nitrogens with zero attached hydrogens (tertiary/aromatic N) is 1. The fraction of sp³-hybridized carbons (Fsp3) is 0.158. The van der Waals surface area contributed by atoms with Crippen molar-refractivity contribution in [3.63, 3.8) is 0 Å². The molecule has 4 nitrogen and oxygen atoms in total. The van der Waals surface area contributed by atoms with E-state index >= 15 is 0 Å². The zero-order valence-electron chi connectivity index (χ0n) is 13.6. The first-order chi connectivity index (χ1) is 11.6. The van der Waals surface area contributed by atoms with E-state index in [2.05, 4.69) is 10.3 Å². The molecule has 0 bridgehead atoms. The van der Waals surface area contributed by atoms with Gasteiger partial charge in [0.2, 0.25) is 0 Å². The second-order valence-corrected chi connectivity index (χ2v) is 6.48. The third kappa shape index (κ3) is 4.06. The highest BCUT2D eigenvalue weighted by molar-refractivity contribution is 8.18. The van der Waals surface area contributed by atoms with Crippen LogP contribution in [0.5, 0.6) is 5.75 Å². The Morgan fingerprint density at radius 3 is 2.75 bits per heavy atom. The second-order valence-electron chi connectivity index (χ2n) is 5.45. The van der Waals surface area contributed by atoms with Crippen LogP contribution in [0, 0.1) is 6.92 Å². The minimum Gasteiger partial charge on any atom is -0.497 e. The van der Waals surface area contributed by atoms with E-state index in [1.165, 1.54) is 17.3 Å². The molecule has 2 aromatic carbocycles. The van der Waals surface area contributed by atoms with Crippen molar-refractivity contribution in [1.29, 1.82) is 0 Å². The van der Waals surface area contributed by atoms with E-state index < -0.39 is 0 Å². The second kappa shape index (κ2) is 7.36. The third-order valence-electron chi connectivity index (χ3n) is 3.57. The van der Waals surface area contributed by atoms with Gasteiger partial charge in [-0.25, -0.2) is 0 Å². The molecule has 1 aliphatic heterocycles. The molecule has 5 heteroatoms. The van der Waals surface area contributed by atoms with Crippen LogP contribution in [0.1, 0.15) is 16.7 Å². The predicted octanol–water partition coefficient (Wildman–Crippen LogP) is 3.76. The van der Waals surface area contributed by atoms with Gasteiger partial charge in [-0.15, -0.1) is 0 Å². The first-order valence-corrected chi connectivity index (χ1v) is 8.42. The van der Waals surface area contributed by atoms with Gasteiger partial charge in [-0.05, 0) is 48.0 Å². The summed E-state index contributed by atoms with van der Waals surface area (Å²) in [4.78, 5) is 16.7. The lowest BCUT2D eigenvalue weighted by Crippen LogP contribution is -2.18. The molecule has 122 valence electrons. The minimum absolute atomic E-state index is 0.200. The molecule has 1 heterocycles. The van der Waals surface area contributed by atoms with Gasteiger partial charge in [0.05, 0.1) is 12.0 Å². The smallest absolute Gasteiger partial charge is 0.286 e. The van der Waals surface area contributed by atoms with Crippen molar-refractivity contribution in [2.24, 2.45) is 4.99 Å². The predicted molar refractivity (Wildman–Crippen MR) is 99.0 cm³/mol. The number of carbonyl (C=O) groups excluding carboxylic acids is 1. The highest BCUT2D eigenvalue weighted by Gasteiger charge is 2.21. The van der Waals surface area contributed by atoms with Crippen molar-refractivity contribution in [1.82, 2.24) is 5.32 Å². The average molecular weight is 338 g/mol. The molecule has 0 saturated carbocycles. The lowest BCUT2D eigenvalue weighted by molar-refractivity contribution is -0.113. The summed E-state index contributed by atoms with van der Waals surface area (Å²) < 4.78 is 5.21. The molecule has 0 saturated heterocycles. The fourth-order valence-corrected chi connectivity index (χ4v) is 3.07. The zero-order valence-corrected chi connectivity index (χ0v) is 14.4. The van der Waals surface area contributed by atoms with Gasteiger partial charge in [-0.3, -0.25) is 4.79 Å². The molecule has 0 radical (unpaired) electrons. The van der Waals surface area contributed by atoms with Gasteiger partial charge in [0.1, 0.15) is 5.75 Å². The number of benzene rings is 2. The fourth-order valence-electron chi connectivity index (χ4n) is 2.26. The summed E-state index contributed by atoms with van der Waals surface area (Å²) in [5.74, 6) is 0.611. The van der Waals surface area contributed by atoms with E-state index in [-0.39, 0.29) is 5.91 Å². The summed E-state index contributed by atoms with van der Waals surface area (Å²) in [6, 6.07) is 15.8. The molecule has 1 amide bonds. The molecule has 24 heavy (non-hydrogen) atoms. The highest BCUT2D eigenvalue weighted by Crippen LogP contribution is 2.27. The van der Waals surface area contributed by atoms with Crippen molar-refractivity contribution in [3.05, 3.63) is 70.1 Å². The van der Waals surface area contributed by atoms with E-state index in [9.17, 15) is 4.79 Å². The Morgan fingerprint density at radius 2 is 2.00 bits per heavy atom. The van der Waals surface area contributed by atoms with Gasteiger partial charge in [0, 0.05) is 6.54 Å². The SMILES string of the molecule is COc1cccc(CNC2=NC(=O)C(=Cc3ccc(C)cc3)S2)c1. The van der Waals surface area contributed by atoms with Gasteiger partial charge in [-0.1, -0.05) is 42.0 Å². The maximum absolute atomic E-state index is 12.0. The lowest BCUT2D eigenvalue weighted by Gasteiger charge is -2.06. The molecule has 0 fully saturated rings. The largest absolute Gasteiger partial charge is 0.497 e. The van der Waals surface area contributed by atoms with Crippen molar-refractivity contribution in [2.75, 3.05) is 7.11 Å². The molecule has 0 unspecified atom stereocenters. The number of aliphatic imine (C=N–C) groups is 1. The van der Waals surface area contributed by atoms with Gasteiger partial charge in [-0.2, -0.15) is 4.99 Å². The maximum atomic E-state index is 12.0. The van der Waals surface area contributed by atoms with Crippen molar-refractivity contribution in [2.45, 2.75) is 13.5 Å². The number of amides is 1. The van der Waals surface area contributed by atoms with Crippen LogP contribution in [0.4, 0.5) is 0 Å². The Balaban J connectivity index is 1.63. The lowest BCUT2D eigenvalue weighted by atomic mass is 10.1. The summed E-state index contributed by atoms with van der Waals surface area (Å²) >= 11 is 1.37. The molecule has 1 N–H and O–H groups in total. The van der Waals surface area contributed by atoms with Crippen LogP contribution in [-0.2, 0) is 11.3 Å². The summed E-state index contributed by atoms with van der Waals surface area (Å²) in [6.07, 6.45) is 1.87. The Morgan fingerprint density at radius 1 is 1.21 bits per heavy atom. The van der Waals surface area contributed by atoms with E-state index in [0.29, 0.717) is 16.6 Å². The number of ether oxygens (including phenoxy) is 1. The molecule has 3 rings (SSSR count). The Kier molecular flexibility index (Phi) is 5.01. The zero-order chi connectivity index (χ0) is 16.9. The van der Waals surface area contributed by atoms with Crippen molar-refractivity contribution >= 4 is 28.9 Å². The number of aryl methyl sites for hydroxylation is 1. The number of amidine groups is 1. The monoisotopic (exact) mass is 338 g/mol. The van der Waals surface area contributed by atoms with Crippen LogP contribution in [0.2, 0.25) is 0 Å². The standard InChI is InChI=1S/C19H18N2O2S/c1-13-6-8-14(9-7-13)11-17-18(22)21-19(24-17)20-12-15-4-3-5-16(10-15)23-2/h3-11H,12H2,1-2H3,(H,20,21,22). The number of hydrogen-bond acceptors (Lipinski definition) is 4. The van der Waals surface area contributed by atoms with Crippen molar-refractivity contribution in [3.8, 4) is 5.75 Å². The quantitative estimate of drug-likeness (QED) is 0.862. The molecule has 1 aliphatic rings. The number of thioether (sulfide) groups is 1.